The molecule has 2 fully saturated rings. The molecule has 0 aromatic carbocycles. The maximum Gasteiger partial charge on any atom is 0.128 e. The van der Waals surface area contributed by atoms with Gasteiger partial charge in [-0.05, 0) is 85.9 Å². The van der Waals surface area contributed by atoms with Crippen LogP contribution in [-0.4, -0.2) is 9.78 Å². The normalized spacial score (nSPS) is 22.2. The number of nitrogens with zero attached hydrogens (tertiary/aromatic N) is 2. The van der Waals surface area contributed by atoms with Gasteiger partial charge in [-0.3, -0.25) is 4.68 Å². The van der Waals surface area contributed by atoms with Gasteiger partial charge in [0, 0.05) is 0 Å². The van der Waals surface area contributed by atoms with E-state index in [4.69, 9.17) is 0 Å². The highest BCUT2D eigenvalue weighted by molar-refractivity contribution is 9.10. The van der Waals surface area contributed by atoms with Crippen LogP contribution in [0.2, 0.25) is 0 Å². The van der Waals surface area contributed by atoms with Gasteiger partial charge in [-0.2, -0.15) is 5.10 Å². The minimum atomic E-state index is 0.605. The molecule has 1 heterocycles. The van der Waals surface area contributed by atoms with E-state index in [1.165, 1.54) is 49.8 Å². The molecule has 1 spiro atoms. The minimum Gasteiger partial charge on any atom is -0.261 e. The Morgan fingerprint density at radius 3 is 2.56 bits per heavy atom. The number of aromatic nitrogens is 2. The predicted octanol–water partition coefficient (Wildman–Crippen LogP) is 4.96. The molecule has 3 rings (SSSR count). The van der Waals surface area contributed by atoms with Crippen LogP contribution in [0.15, 0.2) is 16.2 Å². The lowest BCUT2D eigenvalue weighted by Gasteiger charge is -2.29. The molecule has 0 radical (unpaired) electrons. The van der Waals surface area contributed by atoms with Crippen molar-refractivity contribution in [2.45, 2.75) is 58.4 Å². The maximum atomic E-state index is 4.64. The number of hydrogen-bond donors (Lipinski definition) is 0. The van der Waals surface area contributed by atoms with Crippen LogP contribution in [0.4, 0.5) is 0 Å². The Bertz CT molecular complexity index is 469. The van der Waals surface area contributed by atoms with Crippen molar-refractivity contribution in [1.82, 2.24) is 9.78 Å². The van der Waals surface area contributed by atoms with Crippen molar-refractivity contribution in [3.63, 3.8) is 0 Å². The first-order valence-corrected chi connectivity index (χ1v) is 7.77. The molecule has 0 unspecified atom stereocenters. The van der Waals surface area contributed by atoms with Crippen LogP contribution in [0.3, 0.4) is 0 Å². The van der Waals surface area contributed by atoms with Crippen LogP contribution in [0.5, 0.6) is 0 Å². The van der Waals surface area contributed by atoms with Gasteiger partial charge in [0.2, 0.25) is 0 Å². The first-order valence-electron chi connectivity index (χ1n) is 6.98. The molecular formula is C15H21BrN2. The zero-order valence-corrected chi connectivity index (χ0v) is 12.8. The van der Waals surface area contributed by atoms with E-state index in [0.29, 0.717) is 6.04 Å². The minimum absolute atomic E-state index is 0.605. The monoisotopic (exact) mass is 308 g/mol. The first-order chi connectivity index (χ1) is 8.58. The lowest BCUT2D eigenvalue weighted by Crippen LogP contribution is -2.20. The average molecular weight is 309 g/mol. The molecule has 0 aliphatic heterocycles. The summed E-state index contributed by atoms with van der Waals surface area (Å²) in [6, 6.07) is 2.74. The summed E-state index contributed by atoms with van der Waals surface area (Å²) >= 11 is 3.51. The molecule has 1 aromatic rings. The van der Waals surface area contributed by atoms with Gasteiger partial charge in [0.1, 0.15) is 4.60 Å². The number of allylic oxidation sites excluding steroid dienone is 1. The maximum absolute atomic E-state index is 4.64. The number of rotatable bonds is 2. The third kappa shape index (κ3) is 2.42. The second-order valence-electron chi connectivity index (χ2n) is 6.29. The standard InChI is InChI=1S/C15H21BrN2/c1-11(2)9-13-10-14(16)17-18(13)12-3-5-15(6-4-12)7-8-15/h9-10,12H,3-8H2,1-2H3. The van der Waals surface area contributed by atoms with Crippen LogP contribution in [-0.2, 0) is 0 Å². The van der Waals surface area contributed by atoms with Gasteiger partial charge >= 0.3 is 0 Å². The van der Waals surface area contributed by atoms with Gasteiger partial charge in [-0.1, -0.05) is 5.57 Å². The summed E-state index contributed by atoms with van der Waals surface area (Å²) in [5, 5.41) is 4.64. The van der Waals surface area contributed by atoms with Gasteiger partial charge in [0.15, 0.2) is 0 Å². The molecule has 2 saturated carbocycles. The zero-order chi connectivity index (χ0) is 12.8. The van der Waals surface area contributed by atoms with E-state index in [1.54, 1.807) is 0 Å². The highest BCUT2D eigenvalue weighted by Crippen LogP contribution is 2.57. The third-order valence-corrected chi connectivity index (χ3v) is 4.88. The van der Waals surface area contributed by atoms with Crippen LogP contribution in [0.1, 0.15) is 64.1 Å². The molecule has 3 heteroatoms. The Hall–Kier alpha value is -0.570. The molecule has 2 aliphatic carbocycles. The van der Waals surface area contributed by atoms with Crippen molar-refractivity contribution in [2.24, 2.45) is 5.41 Å². The molecule has 0 amide bonds. The molecule has 0 saturated heterocycles. The Kier molecular flexibility index (Phi) is 3.13. The second kappa shape index (κ2) is 4.52. The van der Waals surface area contributed by atoms with Crippen LogP contribution in [0, 0.1) is 5.41 Å². The predicted molar refractivity (Wildman–Crippen MR) is 78.4 cm³/mol. The molecular weight excluding hydrogens is 288 g/mol. The molecule has 0 atom stereocenters. The van der Waals surface area contributed by atoms with Crippen molar-refractivity contribution in [2.75, 3.05) is 0 Å². The quantitative estimate of drug-likeness (QED) is 0.754. The smallest absolute Gasteiger partial charge is 0.128 e. The van der Waals surface area contributed by atoms with Crippen molar-refractivity contribution in [3.05, 3.63) is 21.9 Å². The lowest BCUT2D eigenvalue weighted by molar-refractivity contribution is 0.244. The van der Waals surface area contributed by atoms with Gasteiger partial charge in [0.25, 0.3) is 0 Å². The van der Waals surface area contributed by atoms with E-state index in [1.807, 2.05) is 0 Å². The topological polar surface area (TPSA) is 17.8 Å². The summed E-state index contributed by atoms with van der Waals surface area (Å²) in [6.07, 6.45) is 10.6. The molecule has 18 heavy (non-hydrogen) atoms. The molecule has 2 nitrogen and oxygen atoms in total. The summed E-state index contributed by atoms with van der Waals surface area (Å²) in [6.45, 7) is 4.29. The largest absolute Gasteiger partial charge is 0.261 e. The highest BCUT2D eigenvalue weighted by atomic mass is 79.9. The van der Waals surface area contributed by atoms with Gasteiger partial charge in [0.05, 0.1) is 11.7 Å². The van der Waals surface area contributed by atoms with Crippen molar-refractivity contribution >= 4 is 22.0 Å². The van der Waals surface area contributed by atoms with Crippen molar-refractivity contribution in [1.29, 1.82) is 0 Å². The van der Waals surface area contributed by atoms with E-state index < -0.39 is 0 Å². The van der Waals surface area contributed by atoms with Crippen molar-refractivity contribution in [3.8, 4) is 0 Å². The van der Waals surface area contributed by atoms with E-state index in [9.17, 15) is 0 Å². The third-order valence-electron chi connectivity index (χ3n) is 4.49. The lowest BCUT2D eigenvalue weighted by atomic mass is 9.83. The summed E-state index contributed by atoms with van der Waals surface area (Å²) in [5.74, 6) is 0. The Balaban J connectivity index is 1.81. The fraction of sp³-hybridized carbons (Fsp3) is 0.667. The fourth-order valence-electron chi connectivity index (χ4n) is 3.21. The summed E-state index contributed by atoms with van der Waals surface area (Å²) in [7, 11) is 0. The van der Waals surface area contributed by atoms with E-state index in [-0.39, 0.29) is 0 Å². The van der Waals surface area contributed by atoms with Crippen molar-refractivity contribution < 1.29 is 0 Å². The highest BCUT2D eigenvalue weighted by Gasteiger charge is 2.45. The Morgan fingerprint density at radius 1 is 1.33 bits per heavy atom. The van der Waals surface area contributed by atoms with E-state index in [2.05, 4.69) is 51.7 Å². The SMILES string of the molecule is CC(C)=Cc1cc(Br)nn1C1CCC2(CC1)CC2. The fourth-order valence-corrected chi connectivity index (χ4v) is 3.62. The molecule has 1 aromatic heterocycles. The molecule has 98 valence electrons. The molecule has 0 bridgehead atoms. The van der Waals surface area contributed by atoms with E-state index >= 15 is 0 Å². The van der Waals surface area contributed by atoms with Crippen LogP contribution >= 0.6 is 15.9 Å². The zero-order valence-electron chi connectivity index (χ0n) is 11.2. The first kappa shape index (κ1) is 12.5. The Labute approximate surface area is 118 Å². The van der Waals surface area contributed by atoms with Gasteiger partial charge < -0.3 is 0 Å². The summed E-state index contributed by atoms with van der Waals surface area (Å²) < 4.78 is 3.20. The second-order valence-corrected chi connectivity index (χ2v) is 7.10. The Morgan fingerprint density at radius 2 is 2.00 bits per heavy atom. The summed E-state index contributed by atoms with van der Waals surface area (Å²) in [5.41, 5.74) is 3.34. The van der Waals surface area contributed by atoms with Crippen LogP contribution < -0.4 is 0 Å². The molecule has 0 N–H and O–H groups in total. The summed E-state index contributed by atoms with van der Waals surface area (Å²) in [4.78, 5) is 0. The van der Waals surface area contributed by atoms with Gasteiger partial charge in [-0.25, -0.2) is 0 Å². The molecule has 2 aliphatic rings. The average Bonchev–Trinajstić information content (AvgIpc) is 2.96. The van der Waals surface area contributed by atoms with Crippen LogP contribution in [0.25, 0.3) is 6.08 Å². The number of hydrogen-bond acceptors (Lipinski definition) is 1. The van der Waals surface area contributed by atoms with E-state index in [0.717, 1.165) is 10.0 Å². The van der Waals surface area contributed by atoms with Gasteiger partial charge in [-0.15, -0.1) is 0 Å². The number of halogens is 1.